The first-order chi connectivity index (χ1) is 7.08. The first kappa shape index (κ1) is 10.5. The third-order valence-corrected chi connectivity index (χ3v) is 3.51. The van der Waals surface area contributed by atoms with E-state index in [2.05, 4.69) is 5.32 Å². The number of amides is 2. The van der Waals surface area contributed by atoms with Gasteiger partial charge in [-0.2, -0.15) is 0 Å². The van der Waals surface area contributed by atoms with Gasteiger partial charge in [0, 0.05) is 19.5 Å². The van der Waals surface area contributed by atoms with Gasteiger partial charge >= 0.3 is 0 Å². The lowest BCUT2D eigenvalue weighted by Crippen LogP contribution is -2.56. The summed E-state index contributed by atoms with van der Waals surface area (Å²) in [6.07, 6.45) is 2.54. The molecular weight excluding hydrogens is 192 g/mol. The smallest absolute Gasteiger partial charge is 0.248 e. The normalized spacial score (nSPS) is 32.5. The topological polar surface area (TPSA) is 49.4 Å². The lowest BCUT2D eigenvalue weighted by molar-refractivity contribution is -0.138. The minimum absolute atomic E-state index is 0.00806. The molecule has 1 saturated carbocycles. The van der Waals surface area contributed by atoms with Gasteiger partial charge in [0.05, 0.1) is 0 Å². The lowest BCUT2D eigenvalue weighted by Gasteiger charge is -2.31. The SMILES string of the molecule is CCN1CCC(=O)NC(C)(C2CC2)C1=O. The van der Waals surface area contributed by atoms with E-state index in [1.54, 1.807) is 4.90 Å². The number of hydrogen-bond acceptors (Lipinski definition) is 2. The van der Waals surface area contributed by atoms with Crippen LogP contribution >= 0.6 is 0 Å². The summed E-state index contributed by atoms with van der Waals surface area (Å²) in [5.74, 6) is 0.452. The zero-order chi connectivity index (χ0) is 11.1. The van der Waals surface area contributed by atoms with Gasteiger partial charge in [0.1, 0.15) is 5.54 Å². The van der Waals surface area contributed by atoms with Gasteiger partial charge in [0.2, 0.25) is 11.8 Å². The summed E-state index contributed by atoms with van der Waals surface area (Å²) in [6, 6.07) is 0. The fourth-order valence-corrected chi connectivity index (χ4v) is 2.31. The molecule has 84 valence electrons. The Kier molecular flexibility index (Phi) is 2.44. The van der Waals surface area contributed by atoms with Crippen molar-refractivity contribution in [1.82, 2.24) is 10.2 Å². The number of carbonyl (C=O) groups excluding carboxylic acids is 2. The van der Waals surface area contributed by atoms with Gasteiger partial charge in [0.15, 0.2) is 0 Å². The van der Waals surface area contributed by atoms with Gasteiger partial charge in [-0.3, -0.25) is 9.59 Å². The summed E-state index contributed by atoms with van der Waals surface area (Å²) >= 11 is 0. The lowest BCUT2D eigenvalue weighted by atomic mass is 9.94. The zero-order valence-corrected chi connectivity index (χ0v) is 9.38. The summed E-state index contributed by atoms with van der Waals surface area (Å²) in [6.45, 7) is 5.08. The van der Waals surface area contributed by atoms with Crippen molar-refractivity contribution >= 4 is 11.8 Å². The molecule has 2 rings (SSSR count). The molecule has 1 saturated heterocycles. The fourth-order valence-electron chi connectivity index (χ4n) is 2.31. The average Bonchev–Trinajstić information content (AvgIpc) is 3.00. The van der Waals surface area contributed by atoms with Gasteiger partial charge in [0.25, 0.3) is 0 Å². The quantitative estimate of drug-likeness (QED) is 0.722. The highest BCUT2D eigenvalue weighted by molar-refractivity contribution is 5.93. The van der Waals surface area contributed by atoms with Crippen LogP contribution in [0.3, 0.4) is 0 Å². The van der Waals surface area contributed by atoms with Crippen LogP contribution in [-0.4, -0.2) is 35.3 Å². The Balaban J connectivity index is 2.25. The molecule has 1 aliphatic heterocycles. The number of hydrogen-bond donors (Lipinski definition) is 1. The summed E-state index contributed by atoms with van der Waals surface area (Å²) < 4.78 is 0. The molecule has 2 aliphatic rings. The first-order valence-electron chi connectivity index (χ1n) is 5.68. The van der Waals surface area contributed by atoms with Crippen LogP contribution in [0, 0.1) is 5.92 Å². The molecule has 0 aromatic rings. The number of nitrogens with zero attached hydrogens (tertiary/aromatic N) is 1. The molecule has 0 aromatic heterocycles. The van der Waals surface area contributed by atoms with Crippen LogP contribution < -0.4 is 5.32 Å². The largest absolute Gasteiger partial charge is 0.342 e. The zero-order valence-electron chi connectivity index (χ0n) is 9.38. The van der Waals surface area contributed by atoms with Crippen molar-refractivity contribution < 1.29 is 9.59 Å². The van der Waals surface area contributed by atoms with E-state index < -0.39 is 5.54 Å². The van der Waals surface area contributed by atoms with E-state index in [0.29, 0.717) is 25.4 Å². The third kappa shape index (κ3) is 1.73. The Bertz CT molecular complexity index is 299. The Morgan fingerprint density at radius 2 is 2.13 bits per heavy atom. The maximum Gasteiger partial charge on any atom is 0.248 e. The molecule has 15 heavy (non-hydrogen) atoms. The van der Waals surface area contributed by atoms with E-state index in [0.717, 1.165) is 12.8 Å². The minimum atomic E-state index is -0.635. The molecule has 1 atom stereocenters. The predicted octanol–water partition coefficient (Wildman–Crippen LogP) is 0.523. The second kappa shape index (κ2) is 3.51. The van der Waals surface area contributed by atoms with Crippen LogP contribution in [0.15, 0.2) is 0 Å². The molecule has 1 N–H and O–H groups in total. The van der Waals surface area contributed by atoms with E-state index in [-0.39, 0.29) is 11.8 Å². The highest BCUT2D eigenvalue weighted by Crippen LogP contribution is 2.41. The molecular formula is C11H18N2O2. The predicted molar refractivity (Wildman–Crippen MR) is 56.1 cm³/mol. The fraction of sp³-hybridized carbons (Fsp3) is 0.818. The van der Waals surface area contributed by atoms with E-state index in [9.17, 15) is 9.59 Å². The molecule has 0 spiro atoms. The highest BCUT2D eigenvalue weighted by atomic mass is 16.2. The monoisotopic (exact) mass is 210 g/mol. The van der Waals surface area contributed by atoms with Gasteiger partial charge < -0.3 is 10.2 Å². The van der Waals surface area contributed by atoms with Crippen LogP contribution in [-0.2, 0) is 9.59 Å². The highest BCUT2D eigenvalue weighted by Gasteiger charge is 2.50. The number of likely N-dealkylation sites (N-methyl/N-ethyl adjacent to an activating group) is 1. The molecule has 0 aromatic carbocycles. The molecule has 0 radical (unpaired) electrons. The molecule has 4 nitrogen and oxygen atoms in total. The Morgan fingerprint density at radius 1 is 1.47 bits per heavy atom. The van der Waals surface area contributed by atoms with Crippen molar-refractivity contribution in [3.63, 3.8) is 0 Å². The molecule has 1 unspecified atom stereocenters. The van der Waals surface area contributed by atoms with Crippen LogP contribution in [0.5, 0.6) is 0 Å². The molecule has 2 fully saturated rings. The third-order valence-electron chi connectivity index (χ3n) is 3.51. The Labute approximate surface area is 90.0 Å². The van der Waals surface area contributed by atoms with E-state index in [1.165, 1.54) is 0 Å². The van der Waals surface area contributed by atoms with Crippen LogP contribution in [0.2, 0.25) is 0 Å². The first-order valence-corrected chi connectivity index (χ1v) is 5.68. The second-order valence-electron chi connectivity index (χ2n) is 4.66. The summed E-state index contributed by atoms with van der Waals surface area (Å²) in [7, 11) is 0. The van der Waals surface area contributed by atoms with Crippen molar-refractivity contribution in [3.8, 4) is 0 Å². The molecule has 4 heteroatoms. The van der Waals surface area contributed by atoms with Crippen LogP contribution in [0.1, 0.15) is 33.1 Å². The number of nitrogens with one attached hydrogen (secondary N) is 1. The second-order valence-corrected chi connectivity index (χ2v) is 4.66. The number of rotatable bonds is 2. The Morgan fingerprint density at radius 3 is 2.67 bits per heavy atom. The molecule has 1 aliphatic carbocycles. The maximum atomic E-state index is 12.2. The van der Waals surface area contributed by atoms with Gasteiger partial charge in [-0.05, 0) is 32.6 Å². The van der Waals surface area contributed by atoms with Crippen molar-refractivity contribution in [2.24, 2.45) is 5.92 Å². The standard InChI is InChI=1S/C11H18N2O2/c1-3-13-7-6-9(14)12-11(2,10(13)15)8-4-5-8/h8H,3-7H2,1-2H3,(H,12,14). The van der Waals surface area contributed by atoms with Gasteiger partial charge in [-0.15, -0.1) is 0 Å². The van der Waals surface area contributed by atoms with Crippen LogP contribution in [0.4, 0.5) is 0 Å². The van der Waals surface area contributed by atoms with Gasteiger partial charge in [-0.1, -0.05) is 0 Å². The molecule has 1 heterocycles. The van der Waals surface area contributed by atoms with Gasteiger partial charge in [-0.25, -0.2) is 0 Å². The van der Waals surface area contributed by atoms with Crippen molar-refractivity contribution in [2.75, 3.05) is 13.1 Å². The minimum Gasteiger partial charge on any atom is -0.342 e. The average molecular weight is 210 g/mol. The van der Waals surface area contributed by atoms with Crippen molar-refractivity contribution in [2.45, 2.75) is 38.6 Å². The maximum absolute atomic E-state index is 12.2. The molecule has 0 bridgehead atoms. The Hall–Kier alpha value is -1.06. The molecule has 2 amide bonds. The van der Waals surface area contributed by atoms with Crippen molar-refractivity contribution in [3.05, 3.63) is 0 Å². The van der Waals surface area contributed by atoms with Crippen molar-refractivity contribution in [1.29, 1.82) is 0 Å². The van der Waals surface area contributed by atoms with E-state index >= 15 is 0 Å². The van der Waals surface area contributed by atoms with Crippen LogP contribution in [0.25, 0.3) is 0 Å². The van der Waals surface area contributed by atoms with E-state index in [4.69, 9.17) is 0 Å². The number of carbonyl (C=O) groups is 2. The summed E-state index contributed by atoms with van der Waals surface area (Å²) in [5.41, 5.74) is -0.635. The van der Waals surface area contributed by atoms with E-state index in [1.807, 2.05) is 13.8 Å². The summed E-state index contributed by atoms with van der Waals surface area (Å²) in [5, 5.41) is 2.90. The summed E-state index contributed by atoms with van der Waals surface area (Å²) in [4.78, 5) is 25.6.